The molecule has 0 atom stereocenters. The fourth-order valence-electron chi connectivity index (χ4n) is 6.97. The molecule has 10 rings (SSSR count). The second-order valence-electron chi connectivity index (χ2n) is 11.7. The van der Waals surface area contributed by atoms with Gasteiger partial charge in [-0.3, -0.25) is 0 Å². The van der Waals surface area contributed by atoms with E-state index in [1.165, 1.54) is 0 Å². The summed E-state index contributed by atoms with van der Waals surface area (Å²) in [6.07, 6.45) is 0. The summed E-state index contributed by atoms with van der Waals surface area (Å²) in [6, 6.07) is 23.6. The third-order valence-corrected chi connectivity index (χ3v) is 9.04. The Hall–Kier alpha value is -6.44. The minimum absolute atomic E-state index is 0.0162. The second kappa shape index (κ2) is 11.1. The first-order chi connectivity index (χ1) is 30.1. The molecule has 49 heavy (non-hydrogen) atoms. The molecule has 0 aliphatic carbocycles. The Labute approximate surface area is 304 Å². The SMILES string of the molecule is [2H]c1c([2H])c([2H])c(-c2ccc(-c3c4ccccc4c(-c4c([2H])c([2H])c([2H])c5oc6c([2H])c7c([2H])c([2H])c([2H])c([2H])c7c([2H])c6c45)c4ccccc34)cc2-c2ccccc2)c([2H])c1[2H]. The van der Waals surface area contributed by atoms with Gasteiger partial charge in [0.05, 0.1) is 19.2 Å². The minimum atomic E-state index is -0.576. The first-order valence-corrected chi connectivity index (χ1v) is 15.7. The van der Waals surface area contributed by atoms with Crippen LogP contribution in [0.1, 0.15) is 19.2 Å². The molecule has 0 saturated heterocycles. The molecule has 1 aromatic heterocycles. The quantitative estimate of drug-likeness (QED) is 0.175. The van der Waals surface area contributed by atoms with Crippen molar-refractivity contribution in [1.82, 2.24) is 0 Å². The lowest BCUT2D eigenvalue weighted by Crippen LogP contribution is -1.93. The van der Waals surface area contributed by atoms with Crippen LogP contribution in [-0.4, -0.2) is 0 Å². The van der Waals surface area contributed by atoms with E-state index < -0.39 is 60.4 Å². The number of furan rings is 1. The van der Waals surface area contributed by atoms with Crippen LogP contribution >= 0.6 is 0 Å². The molecule has 0 spiro atoms. The van der Waals surface area contributed by atoms with Crippen molar-refractivity contribution in [2.45, 2.75) is 0 Å². The van der Waals surface area contributed by atoms with E-state index in [1.807, 2.05) is 91.0 Å². The Morgan fingerprint density at radius 1 is 0.388 bits per heavy atom. The molecule has 0 saturated carbocycles. The number of rotatable bonds is 4. The summed E-state index contributed by atoms with van der Waals surface area (Å²) < 4.78 is 129. The molecular weight excluding hydrogens is 593 g/mol. The average molecular weight is 637 g/mol. The molecule has 9 aromatic carbocycles. The van der Waals surface area contributed by atoms with Gasteiger partial charge in [-0.1, -0.05) is 157 Å². The summed E-state index contributed by atoms with van der Waals surface area (Å²) in [7, 11) is 0. The molecule has 0 aliphatic rings. The molecule has 0 fully saturated rings. The van der Waals surface area contributed by atoms with Crippen LogP contribution in [0.3, 0.4) is 0 Å². The van der Waals surface area contributed by atoms with Gasteiger partial charge < -0.3 is 4.42 Å². The largest absolute Gasteiger partial charge is 0.456 e. The molecular formula is C48H30O. The lowest BCUT2D eigenvalue weighted by molar-refractivity contribution is 0.669. The van der Waals surface area contributed by atoms with E-state index in [0.29, 0.717) is 27.5 Å². The predicted octanol–water partition coefficient (Wildman–Crippen LogP) is 13.7. The summed E-state index contributed by atoms with van der Waals surface area (Å²) in [5.74, 6) is 0. The maximum Gasteiger partial charge on any atom is 0.136 e. The van der Waals surface area contributed by atoms with Crippen LogP contribution in [-0.2, 0) is 0 Å². The molecule has 228 valence electrons. The molecule has 0 radical (unpaired) electrons. The van der Waals surface area contributed by atoms with Gasteiger partial charge in [-0.2, -0.15) is 0 Å². The highest BCUT2D eigenvalue weighted by molar-refractivity contribution is 6.26. The lowest BCUT2D eigenvalue weighted by Gasteiger charge is -2.19. The molecule has 1 heterocycles. The van der Waals surface area contributed by atoms with Crippen LogP contribution in [0.5, 0.6) is 0 Å². The molecule has 10 aromatic rings. The van der Waals surface area contributed by atoms with Crippen molar-refractivity contribution in [3.05, 3.63) is 182 Å². The van der Waals surface area contributed by atoms with E-state index in [9.17, 15) is 4.11 Å². The van der Waals surface area contributed by atoms with E-state index in [2.05, 4.69) is 0 Å². The fraction of sp³-hybridized carbons (Fsp3) is 0. The molecule has 0 N–H and O–H groups in total. The van der Waals surface area contributed by atoms with Gasteiger partial charge in [-0.05, 0) is 101 Å². The second-order valence-corrected chi connectivity index (χ2v) is 11.7. The Morgan fingerprint density at radius 2 is 1.02 bits per heavy atom. The normalized spacial score (nSPS) is 15.7. The summed E-state index contributed by atoms with van der Waals surface area (Å²) in [4.78, 5) is 0. The van der Waals surface area contributed by atoms with Gasteiger partial charge in [-0.25, -0.2) is 0 Å². The summed E-state index contributed by atoms with van der Waals surface area (Å²) >= 11 is 0. The van der Waals surface area contributed by atoms with Crippen molar-refractivity contribution in [3.8, 4) is 44.5 Å². The minimum Gasteiger partial charge on any atom is -0.456 e. The van der Waals surface area contributed by atoms with Crippen molar-refractivity contribution >= 4 is 54.3 Å². The summed E-state index contributed by atoms with van der Waals surface area (Å²) in [5, 5.41) is 2.36. The van der Waals surface area contributed by atoms with Gasteiger partial charge in [-0.15, -0.1) is 0 Å². The first-order valence-electron chi connectivity index (χ1n) is 22.7. The monoisotopic (exact) mass is 636 g/mol. The molecule has 0 aliphatic heterocycles. The molecule has 1 heteroatoms. The third-order valence-electron chi connectivity index (χ3n) is 9.04. The number of fused-ring (bicyclic) bond motifs is 6. The number of hydrogen-bond donors (Lipinski definition) is 0. The third kappa shape index (κ3) is 4.40. The van der Waals surface area contributed by atoms with Crippen molar-refractivity contribution in [2.75, 3.05) is 0 Å². The summed E-state index contributed by atoms with van der Waals surface area (Å²) in [6.45, 7) is 0. The van der Waals surface area contributed by atoms with Gasteiger partial charge >= 0.3 is 0 Å². The average Bonchev–Trinajstić information content (AvgIpc) is 3.71. The van der Waals surface area contributed by atoms with Crippen LogP contribution in [0.15, 0.2) is 186 Å². The predicted molar refractivity (Wildman–Crippen MR) is 208 cm³/mol. The molecule has 0 amide bonds. The fourth-order valence-corrected chi connectivity index (χ4v) is 6.97. The van der Waals surface area contributed by atoms with Crippen molar-refractivity contribution in [1.29, 1.82) is 0 Å². The maximum absolute atomic E-state index is 9.52. The molecule has 0 bridgehead atoms. The zero-order valence-corrected chi connectivity index (χ0v) is 25.6. The topological polar surface area (TPSA) is 13.1 Å². The number of benzene rings is 9. The zero-order valence-electron chi connectivity index (χ0n) is 39.6. The highest BCUT2D eigenvalue weighted by Crippen LogP contribution is 2.48. The van der Waals surface area contributed by atoms with Gasteiger partial charge in [0, 0.05) is 10.8 Å². The molecule has 1 nitrogen and oxygen atoms in total. The van der Waals surface area contributed by atoms with Gasteiger partial charge in [0.25, 0.3) is 0 Å². The standard InChI is InChI=1S/C48H30O/c1-3-14-31(15-4-1)36-27-26-35(29-42(36)32-16-5-2-6-17-32)46-37-20-9-11-22-39(37)47(40-23-12-10-21-38(40)46)41-24-13-25-44-48(41)43-28-33-18-7-8-19-34(33)30-45(43)49-44/h1-30H/i1D,3D,4D,7D,8D,13D,14D,15D,18D,19D,24D,25D,28D,30D. The van der Waals surface area contributed by atoms with Crippen LogP contribution in [0, 0.1) is 0 Å². The maximum atomic E-state index is 9.52. The Bertz CT molecular complexity index is 3590. The van der Waals surface area contributed by atoms with Crippen LogP contribution in [0.4, 0.5) is 0 Å². The van der Waals surface area contributed by atoms with Gasteiger partial charge in [0.1, 0.15) is 11.2 Å². The van der Waals surface area contributed by atoms with E-state index in [0.717, 1.165) is 27.5 Å². The van der Waals surface area contributed by atoms with Crippen LogP contribution < -0.4 is 0 Å². The molecule has 0 unspecified atom stereocenters. The Balaban J connectivity index is 1.35. The van der Waals surface area contributed by atoms with Crippen LogP contribution in [0.25, 0.3) is 98.8 Å². The first kappa shape index (κ1) is 17.1. The van der Waals surface area contributed by atoms with E-state index in [4.69, 9.17) is 19.5 Å². The Morgan fingerprint density at radius 3 is 1.73 bits per heavy atom. The smallest absolute Gasteiger partial charge is 0.136 e. The summed E-state index contributed by atoms with van der Waals surface area (Å²) in [5.41, 5.74) is 3.63. The highest BCUT2D eigenvalue weighted by Gasteiger charge is 2.21. The van der Waals surface area contributed by atoms with Gasteiger partial charge in [0.15, 0.2) is 0 Å². The van der Waals surface area contributed by atoms with Crippen LogP contribution in [0.2, 0.25) is 0 Å². The van der Waals surface area contributed by atoms with Crippen molar-refractivity contribution < 1.29 is 23.6 Å². The van der Waals surface area contributed by atoms with Crippen molar-refractivity contribution in [3.63, 3.8) is 0 Å². The van der Waals surface area contributed by atoms with E-state index >= 15 is 0 Å². The van der Waals surface area contributed by atoms with E-state index in [1.54, 1.807) is 6.07 Å². The van der Waals surface area contributed by atoms with E-state index in [-0.39, 0.29) is 68.0 Å². The number of hydrogen-bond acceptors (Lipinski definition) is 1. The Kier molecular flexibility index (Phi) is 3.87. The van der Waals surface area contributed by atoms with Crippen molar-refractivity contribution in [2.24, 2.45) is 0 Å². The highest BCUT2D eigenvalue weighted by atomic mass is 16.3. The lowest BCUT2D eigenvalue weighted by atomic mass is 9.83. The van der Waals surface area contributed by atoms with Gasteiger partial charge in [0.2, 0.25) is 0 Å². The zero-order chi connectivity index (χ0) is 44.5.